The minimum atomic E-state index is 0.0322. The minimum Gasteiger partial charge on any atom is -0.338 e. The summed E-state index contributed by atoms with van der Waals surface area (Å²) in [5.41, 5.74) is 1.99. The summed E-state index contributed by atoms with van der Waals surface area (Å²) < 4.78 is 0. The van der Waals surface area contributed by atoms with Crippen molar-refractivity contribution in [3.05, 3.63) is 48.4 Å². The zero-order valence-corrected chi connectivity index (χ0v) is 14.9. The lowest BCUT2D eigenvalue weighted by molar-refractivity contribution is 0.195. The maximum Gasteiger partial charge on any atom is 0.317 e. The Labute approximate surface area is 154 Å². The molecule has 4 heterocycles. The van der Waals surface area contributed by atoms with Gasteiger partial charge in [-0.3, -0.25) is 0 Å². The Morgan fingerprint density at radius 3 is 2.88 bits per heavy atom. The molecule has 5 rings (SSSR count). The zero-order chi connectivity index (χ0) is 17.8. The summed E-state index contributed by atoms with van der Waals surface area (Å²) in [6.45, 7) is 3.25. The lowest BCUT2D eigenvalue weighted by Gasteiger charge is -2.23. The van der Waals surface area contributed by atoms with Gasteiger partial charge in [0.05, 0.1) is 5.69 Å². The molecule has 3 aliphatic rings. The van der Waals surface area contributed by atoms with E-state index in [2.05, 4.69) is 20.6 Å². The van der Waals surface area contributed by atoms with Crippen LogP contribution in [0.5, 0.6) is 0 Å². The third kappa shape index (κ3) is 4.02. The topological polar surface area (TPSA) is 70.2 Å². The predicted octanol–water partition coefficient (Wildman–Crippen LogP) is 2.08. The smallest absolute Gasteiger partial charge is 0.317 e. The van der Waals surface area contributed by atoms with Crippen LogP contribution < -0.4 is 10.6 Å². The number of carbonyl (C=O) groups excluding carboxylic acids is 1. The van der Waals surface area contributed by atoms with Gasteiger partial charge in [-0.1, -0.05) is 30.3 Å². The van der Waals surface area contributed by atoms with Crippen LogP contribution in [-0.4, -0.2) is 53.1 Å². The molecule has 0 saturated carbocycles. The number of carbonyl (C=O) groups is 1. The van der Waals surface area contributed by atoms with E-state index in [1.807, 2.05) is 41.3 Å². The second-order valence-corrected chi connectivity index (χ2v) is 7.16. The van der Waals surface area contributed by atoms with Gasteiger partial charge in [-0.15, -0.1) is 0 Å². The summed E-state index contributed by atoms with van der Waals surface area (Å²) in [7, 11) is 0. The normalized spacial score (nSPS) is 22.1. The molecule has 2 N–H and O–H groups in total. The molecule has 3 saturated heterocycles. The Hall–Kier alpha value is -2.47. The number of hydrogen-bond donors (Lipinski definition) is 2. The van der Waals surface area contributed by atoms with Crippen LogP contribution in [0.3, 0.4) is 0 Å². The Bertz CT molecular complexity index is 729. The molecule has 2 amide bonds. The van der Waals surface area contributed by atoms with E-state index in [-0.39, 0.29) is 6.03 Å². The van der Waals surface area contributed by atoms with Crippen molar-refractivity contribution in [1.29, 1.82) is 0 Å². The molecule has 0 radical (unpaired) electrons. The van der Waals surface area contributed by atoms with Gasteiger partial charge in [-0.2, -0.15) is 0 Å². The molecule has 1 aromatic carbocycles. The van der Waals surface area contributed by atoms with Crippen LogP contribution in [0.4, 0.5) is 4.79 Å². The number of nitrogens with one attached hydrogen (secondary N) is 2. The molecule has 6 nitrogen and oxygen atoms in total. The molecule has 2 aromatic rings. The van der Waals surface area contributed by atoms with E-state index < -0.39 is 0 Å². The van der Waals surface area contributed by atoms with Crippen molar-refractivity contribution >= 4 is 6.03 Å². The van der Waals surface area contributed by atoms with Gasteiger partial charge in [0.2, 0.25) is 0 Å². The Morgan fingerprint density at radius 1 is 1.19 bits per heavy atom. The summed E-state index contributed by atoms with van der Waals surface area (Å²) in [6.07, 6.45) is 4.81. The first-order valence-electron chi connectivity index (χ1n) is 9.41. The van der Waals surface area contributed by atoms with E-state index in [1.165, 1.54) is 12.8 Å². The third-order valence-electron chi connectivity index (χ3n) is 5.23. The Kier molecular flexibility index (Phi) is 5.11. The van der Waals surface area contributed by atoms with Crippen LogP contribution in [0.25, 0.3) is 11.3 Å². The van der Waals surface area contributed by atoms with Crippen molar-refractivity contribution in [3.8, 4) is 11.3 Å². The van der Waals surface area contributed by atoms with Crippen molar-refractivity contribution in [2.45, 2.75) is 25.3 Å². The molecule has 0 spiro atoms. The minimum absolute atomic E-state index is 0.0322. The van der Waals surface area contributed by atoms with Gasteiger partial charge in [0, 0.05) is 43.9 Å². The maximum atomic E-state index is 12.5. The molecule has 2 unspecified atom stereocenters. The summed E-state index contributed by atoms with van der Waals surface area (Å²) in [4.78, 5) is 23.4. The van der Waals surface area contributed by atoms with E-state index in [4.69, 9.17) is 0 Å². The van der Waals surface area contributed by atoms with Crippen molar-refractivity contribution in [3.63, 3.8) is 0 Å². The maximum absolute atomic E-state index is 12.5. The van der Waals surface area contributed by atoms with Gasteiger partial charge >= 0.3 is 6.03 Å². The van der Waals surface area contributed by atoms with Crippen LogP contribution in [0.1, 0.15) is 18.7 Å². The zero-order valence-electron chi connectivity index (χ0n) is 14.9. The van der Waals surface area contributed by atoms with Gasteiger partial charge in [-0.25, -0.2) is 14.8 Å². The lowest BCUT2D eigenvalue weighted by atomic mass is 9.97. The summed E-state index contributed by atoms with van der Waals surface area (Å²) in [5.74, 6) is 1.34. The van der Waals surface area contributed by atoms with Gasteiger partial charge in [0.25, 0.3) is 0 Å². The fourth-order valence-corrected chi connectivity index (χ4v) is 3.79. The fraction of sp³-hybridized carbons (Fsp3) is 0.450. The molecule has 0 aliphatic carbocycles. The van der Waals surface area contributed by atoms with Gasteiger partial charge in [-0.05, 0) is 31.4 Å². The van der Waals surface area contributed by atoms with Crippen LogP contribution in [-0.2, 0) is 6.42 Å². The number of aromatic nitrogens is 2. The first-order valence-corrected chi connectivity index (χ1v) is 9.41. The van der Waals surface area contributed by atoms with Crippen LogP contribution >= 0.6 is 0 Å². The number of nitrogens with zero attached hydrogens (tertiary/aromatic N) is 3. The molecule has 2 atom stereocenters. The highest BCUT2D eigenvalue weighted by molar-refractivity contribution is 5.74. The van der Waals surface area contributed by atoms with Crippen molar-refractivity contribution in [1.82, 2.24) is 25.5 Å². The molecular formula is C20H25N5O. The monoisotopic (exact) mass is 351 g/mol. The van der Waals surface area contributed by atoms with E-state index >= 15 is 0 Å². The first-order chi connectivity index (χ1) is 12.8. The van der Waals surface area contributed by atoms with Crippen molar-refractivity contribution < 1.29 is 4.79 Å². The Morgan fingerprint density at radius 2 is 2.08 bits per heavy atom. The van der Waals surface area contributed by atoms with Crippen molar-refractivity contribution in [2.24, 2.45) is 5.92 Å². The lowest BCUT2D eigenvalue weighted by Crippen LogP contribution is -2.45. The molecule has 3 aliphatic heterocycles. The standard InChI is InChI=1S/C20H25N5O/c26-20(25-13-15-6-7-17(14-25)23-12-15)22-11-9-19-21-10-8-18(24-19)16-4-2-1-3-5-16/h1-5,8,10,15,17,23H,6-7,9,11-14H2,(H,22,26). The quantitative estimate of drug-likeness (QED) is 0.885. The molecule has 136 valence electrons. The third-order valence-corrected chi connectivity index (χ3v) is 5.23. The molecule has 3 fully saturated rings. The van der Waals surface area contributed by atoms with Crippen LogP contribution in [0, 0.1) is 5.92 Å². The predicted molar refractivity (Wildman–Crippen MR) is 101 cm³/mol. The first kappa shape index (κ1) is 17.0. The summed E-state index contributed by atoms with van der Waals surface area (Å²) in [5, 5.41) is 6.56. The largest absolute Gasteiger partial charge is 0.338 e. The number of amides is 2. The molecule has 1 aromatic heterocycles. The fourth-order valence-electron chi connectivity index (χ4n) is 3.79. The average Bonchev–Trinajstić information content (AvgIpc) is 3.03. The second-order valence-electron chi connectivity index (χ2n) is 7.16. The van der Waals surface area contributed by atoms with Gasteiger partial charge in [0.1, 0.15) is 5.82 Å². The van der Waals surface area contributed by atoms with E-state index in [9.17, 15) is 4.79 Å². The number of benzene rings is 1. The Balaban J connectivity index is 1.31. The van der Waals surface area contributed by atoms with Gasteiger partial charge < -0.3 is 15.5 Å². The number of rotatable bonds is 4. The summed E-state index contributed by atoms with van der Waals surface area (Å²) >= 11 is 0. The van der Waals surface area contributed by atoms with Gasteiger partial charge in [0.15, 0.2) is 0 Å². The summed E-state index contributed by atoms with van der Waals surface area (Å²) in [6, 6.07) is 12.5. The average molecular weight is 351 g/mol. The van der Waals surface area contributed by atoms with E-state index in [1.54, 1.807) is 6.20 Å². The number of hydrogen-bond acceptors (Lipinski definition) is 4. The van der Waals surface area contributed by atoms with E-state index in [0.717, 1.165) is 36.7 Å². The van der Waals surface area contributed by atoms with Crippen molar-refractivity contribution in [2.75, 3.05) is 26.2 Å². The molecular weight excluding hydrogens is 326 g/mol. The highest BCUT2D eigenvalue weighted by Crippen LogP contribution is 2.21. The highest BCUT2D eigenvalue weighted by Gasteiger charge is 2.31. The SMILES string of the molecule is O=C(NCCc1nccc(-c2ccccc2)n1)N1CC2CCC(C1)NC2. The number of urea groups is 1. The van der Waals surface area contributed by atoms with Crippen LogP contribution in [0.2, 0.25) is 0 Å². The number of fused-ring (bicyclic) bond motifs is 4. The highest BCUT2D eigenvalue weighted by atomic mass is 16.2. The molecule has 6 heteroatoms. The molecule has 2 bridgehead atoms. The van der Waals surface area contributed by atoms with Crippen LogP contribution in [0.15, 0.2) is 42.6 Å². The van der Waals surface area contributed by atoms with E-state index in [0.29, 0.717) is 24.9 Å². The number of piperidine rings is 1. The molecule has 26 heavy (non-hydrogen) atoms. The second kappa shape index (κ2) is 7.83.